The molecular weight excluding hydrogens is 340 g/mol. The van der Waals surface area contributed by atoms with E-state index < -0.39 is 5.97 Å². The number of carbonyl (C=O) groups is 2. The van der Waals surface area contributed by atoms with Crippen molar-refractivity contribution in [3.63, 3.8) is 0 Å². The lowest BCUT2D eigenvalue weighted by Gasteiger charge is -2.23. The number of hydrogen-bond donors (Lipinski definition) is 1. The Labute approximate surface area is 160 Å². The standard InChI is InChI=1S/C13H16O.C10H10O3/c1-3-13(4-2)8-10-6-5-7-12(14)11(10)9-13;11-10(12)8-3-4-9-7(6-8)2-1-5-13-9/h5-7,9H,3-4,8H2,1-2H3;3-4,6H,1-2,5H2,(H,11,12). The topological polar surface area (TPSA) is 63.6 Å². The van der Waals surface area contributed by atoms with Crippen molar-refractivity contribution < 1.29 is 19.4 Å². The summed E-state index contributed by atoms with van der Waals surface area (Å²) in [6, 6.07) is 5.00. The molecule has 0 radical (unpaired) electrons. The molecule has 0 saturated carbocycles. The second-order valence-corrected chi connectivity index (χ2v) is 7.30. The summed E-state index contributed by atoms with van der Waals surface area (Å²) in [5.74, 6) is 0.135. The van der Waals surface area contributed by atoms with Gasteiger partial charge in [-0.2, -0.15) is 0 Å². The number of carboxylic acid groups (broad SMARTS) is 1. The minimum atomic E-state index is -0.881. The zero-order chi connectivity index (χ0) is 19.4. The van der Waals surface area contributed by atoms with Crippen LogP contribution in [-0.4, -0.2) is 23.5 Å². The van der Waals surface area contributed by atoms with Gasteiger partial charge in [-0.05, 0) is 72.9 Å². The number of aryl methyl sites for hydroxylation is 1. The van der Waals surface area contributed by atoms with E-state index >= 15 is 0 Å². The molecule has 0 fully saturated rings. The molecule has 0 saturated heterocycles. The number of benzene rings is 1. The molecule has 142 valence electrons. The lowest BCUT2D eigenvalue weighted by molar-refractivity contribution is -0.111. The molecule has 1 aliphatic heterocycles. The predicted octanol–water partition coefficient (Wildman–Crippen LogP) is 4.90. The molecule has 0 atom stereocenters. The summed E-state index contributed by atoms with van der Waals surface area (Å²) >= 11 is 0. The summed E-state index contributed by atoms with van der Waals surface area (Å²) in [6.07, 6.45) is 13.0. The van der Waals surface area contributed by atoms with Crippen LogP contribution >= 0.6 is 0 Å². The van der Waals surface area contributed by atoms with Crippen molar-refractivity contribution in [1.29, 1.82) is 0 Å². The average molecular weight is 366 g/mol. The number of rotatable bonds is 3. The van der Waals surface area contributed by atoms with Gasteiger partial charge in [0.05, 0.1) is 12.2 Å². The van der Waals surface area contributed by atoms with Crippen molar-refractivity contribution in [2.75, 3.05) is 6.61 Å². The molecule has 1 aromatic carbocycles. The molecule has 0 spiro atoms. The first-order valence-corrected chi connectivity index (χ1v) is 9.62. The van der Waals surface area contributed by atoms with Crippen LogP contribution in [0.5, 0.6) is 5.75 Å². The van der Waals surface area contributed by atoms with Crippen LogP contribution in [0.15, 0.2) is 53.6 Å². The van der Waals surface area contributed by atoms with Crippen molar-refractivity contribution in [3.05, 3.63) is 64.8 Å². The van der Waals surface area contributed by atoms with E-state index in [2.05, 4.69) is 26.0 Å². The van der Waals surface area contributed by atoms with Crippen LogP contribution in [0.3, 0.4) is 0 Å². The molecular formula is C23H26O4. The number of fused-ring (bicyclic) bond motifs is 2. The molecule has 4 nitrogen and oxygen atoms in total. The van der Waals surface area contributed by atoms with Crippen LogP contribution in [-0.2, 0) is 11.2 Å². The maximum absolute atomic E-state index is 11.6. The highest BCUT2D eigenvalue weighted by Gasteiger charge is 2.35. The van der Waals surface area contributed by atoms with Gasteiger partial charge in [0.15, 0.2) is 5.78 Å². The molecule has 27 heavy (non-hydrogen) atoms. The lowest BCUT2D eigenvalue weighted by atomic mass is 9.81. The maximum atomic E-state index is 11.6. The summed E-state index contributed by atoms with van der Waals surface area (Å²) in [6.45, 7) is 5.14. The van der Waals surface area contributed by atoms with E-state index in [-0.39, 0.29) is 11.2 Å². The molecule has 2 aliphatic carbocycles. The molecule has 0 aromatic heterocycles. The Balaban J connectivity index is 0.000000156. The Kier molecular flexibility index (Phi) is 5.64. The van der Waals surface area contributed by atoms with Crippen molar-refractivity contribution in [3.8, 4) is 5.75 Å². The summed E-state index contributed by atoms with van der Waals surface area (Å²) in [7, 11) is 0. The second-order valence-electron chi connectivity index (χ2n) is 7.30. The molecule has 3 aliphatic rings. The van der Waals surface area contributed by atoms with Crippen LogP contribution in [0.1, 0.15) is 55.5 Å². The van der Waals surface area contributed by atoms with E-state index in [1.54, 1.807) is 24.3 Å². The highest BCUT2D eigenvalue weighted by atomic mass is 16.5. The summed E-state index contributed by atoms with van der Waals surface area (Å²) in [5.41, 5.74) is 3.79. The lowest BCUT2D eigenvalue weighted by Crippen LogP contribution is -2.11. The van der Waals surface area contributed by atoms with Crippen LogP contribution in [0, 0.1) is 5.41 Å². The zero-order valence-corrected chi connectivity index (χ0v) is 16.0. The fourth-order valence-corrected chi connectivity index (χ4v) is 3.84. The highest BCUT2D eigenvalue weighted by Crippen LogP contribution is 2.45. The first-order chi connectivity index (χ1) is 13.0. The van der Waals surface area contributed by atoms with Gasteiger partial charge < -0.3 is 9.84 Å². The zero-order valence-electron chi connectivity index (χ0n) is 16.0. The molecule has 1 aromatic rings. The van der Waals surface area contributed by atoms with Crippen LogP contribution in [0.25, 0.3) is 0 Å². The predicted molar refractivity (Wildman–Crippen MR) is 105 cm³/mol. The number of carbonyl (C=O) groups excluding carboxylic acids is 1. The van der Waals surface area contributed by atoms with Gasteiger partial charge in [0.2, 0.25) is 0 Å². The van der Waals surface area contributed by atoms with Crippen molar-refractivity contribution in [2.24, 2.45) is 5.41 Å². The molecule has 1 N–H and O–H groups in total. The Morgan fingerprint density at radius 3 is 2.70 bits per heavy atom. The van der Waals surface area contributed by atoms with Gasteiger partial charge in [-0.3, -0.25) is 4.79 Å². The third kappa shape index (κ3) is 4.05. The van der Waals surface area contributed by atoms with Gasteiger partial charge in [0.1, 0.15) is 5.75 Å². The summed E-state index contributed by atoms with van der Waals surface area (Å²) in [4.78, 5) is 22.2. The number of aromatic carboxylic acids is 1. The fraction of sp³-hybridized carbons (Fsp3) is 0.391. The number of hydrogen-bond acceptors (Lipinski definition) is 3. The van der Waals surface area contributed by atoms with Gasteiger partial charge in [-0.15, -0.1) is 0 Å². The molecule has 0 unspecified atom stereocenters. The third-order valence-electron chi connectivity index (χ3n) is 5.71. The smallest absolute Gasteiger partial charge is 0.335 e. The van der Waals surface area contributed by atoms with E-state index in [0.717, 1.165) is 55.6 Å². The third-order valence-corrected chi connectivity index (χ3v) is 5.71. The van der Waals surface area contributed by atoms with Gasteiger partial charge in [-0.1, -0.05) is 32.1 Å². The fourth-order valence-electron chi connectivity index (χ4n) is 3.84. The summed E-state index contributed by atoms with van der Waals surface area (Å²) < 4.78 is 5.37. The van der Waals surface area contributed by atoms with Gasteiger partial charge in [0.25, 0.3) is 0 Å². The number of carboxylic acids is 1. The molecule has 1 heterocycles. The Morgan fingerprint density at radius 2 is 2.04 bits per heavy atom. The van der Waals surface area contributed by atoms with E-state index in [9.17, 15) is 9.59 Å². The highest BCUT2D eigenvalue weighted by molar-refractivity contribution is 6.09. The quantitative estimate of drug-likeness (QED) is 0.826. The minimum absolute atomic E-state index is 0.186. The number of allylic oxidation sites excluding steroid dienone is 6. The van der Waals surface area contributed by atoms with E-state index in [1.807, 2.05) is 6.08 Å². The Hall–Kier alpha value is -2.62. The van der Waals surface area contributed by atoms with E-state index in [0.29, 0.717) is 5.56 Å². The van der Waals surface area contributed by atoms with E-state index in [4.69, 9.17) is 9.84 Å². The minimum Gasteiger partial charge on any atom is -0.493 e. The molecule has 4 heteroatoms. The molecule has 4 rings (SSSR count). The first kappa shape index (κ1) is 19.2. The van der Waals surface area contributed by atoms with Gasteiger partial charge in [-0.25, -0.2) is 4.79 Å². The normalized spacial score (nSPS) is 19.0. The van der Waals surface area contributed by atoms with Crippen molar-refractivity contribution in [2.45, 2.75) is 46.0 Å². The first-order valence-electron chi connectivity index (χ1n) is 9.62. The average Bonchev–Trinajstić information content (AvgIpc) is 3.09. The van der Waals surface area contributed by atoms with Crippen LogP contribution in [0.2, 0.25) is 0 Å². The van der Waals surface area contributed by atoms with E-state index in [1.165, 1.54) is 5.57 Å². The number of ether oxygens (including phenoxy) is 1. The van der Waals surface area contributed by atoms with Crippen LogP contribution < -0.4 is 4.74 Å². The van der Waals surface area contributed by atoms with Crippen molar-refractivity contribution in [1.82, 2.24) is 0 Å². The van der Waals surface area contributed by atoms with Crippen LogP contribution in [0.4, 0.5) is 0 Å². The van der Waals surface area contributed by atoms with Gasteiger partial charge in [0, 0.05) is 5.57 Å². The van der Waals surface area contributed by atoms with Crippen molar-refractivity contribution >= 4 is 11.8 Å². The van der Waals surface area contributed by atoms with Gasteiger partial charge >= 0.3 is 5.97 Å². The monoisotopic (exact) mass is 366 g/mol. The molecule has 0 bridgehead atoms. The SMILES string of the molecule is CCC1(CC)C=C2C(=O)C=CC=C2C1.O=C(O)c1ccc2c(c1)CCCO2. The molecule has 0 amide bonds. The Morgan fingerprint density at radius 1 is 1.26 bits per heavy atom. The maximum Gasteiger partial charge on any atom is 0.335 e. The largest absolute Gasteiger partial charge is 0.493 e. The second kappa shape index (κ2) is 7.95. The number of ketones is 1. The Bertz CT molecular complexity index is 838. The summed E-state index contributed by atoms with van der Waals surface area (Å²) in [5, 5.41) is 8.75.